The first-order valence-electron chi connectivity index (χ1n) is 5.68. The number of aryl methyl sites for hydroxylation is 1. The van der Waals surface area contributed by atoms with Gasteiger partial charge in [-0.25, -0.2) is 0 Å². The van der Waals surface area contributed by atoms with Gasteiger partial charge in [0.2, 0.25) is 0 Å². The number of benzene rings is 1. The second-order valence-corrected chi connectivity index (χ2v) is 4.13. The number of carbonyl (C=O) groups excluding carboxylic acids is 1. The fourth-order valence-corrected chi connectivity index (χ4v) is 1.67. The lowest BCUT2D eigenvalue weighted by Crippen LogP contribution is -2.13. The molecule has 7 heteroatoms. The van der Waals surface area contributed by atoms with Crippen molar-refractivity contribution in [3.8, 4) is 5.75 Å². The molecule has 0 spiro atoms. The largest absolute Gasteiger partial charge is 0.505 e. The smallest absolute Gasteiger partial charge is 0.296 e. The highest BCUT2D eigenvalue weighted by molar-refractivity contribution is 6.06. The molecule has 0 saturated carbocycles. The summed E-state index contributed by atoms with van der Waals surface area (Å²) in [6.07, 6.45) is 2.92. The molecule has 1 amide bonds. The van der Waals surface area contributed by atoms with Crippen LogP contribution in [0.1, 0.15) is 15.9 Å². The molecule has 0 unspecified atom stereocenters. The van der Waals surface area contributed by atoms with Crippen molar-refractivity contribution >= 4 is 17.3 Å². The minimum absolute atomic E-state index is 0.232. The summed E-state index contributed by atoms with van der Waals surface area (Å²) in [7, 11) is 0. The Bertz CT molecular complexity index is 685. The van der Waals surface area contributed by atoms with Crippen molar-refractivity contribution in [2.24, 2.45) is 0 Å². The van der Waals surface area contributed by atoms with Crippen LogP contribution < -0.4 is 5.32 Å². The molecule has 7 nitrogen and oxygen atoms in total. The van der Waals surface area contributed by atoms with E-state index in [0.717, 1.165) is 5.56 Å². The number of amides is 1. The van der Waals surface area contributed by atoms with Gasteiger partial charge in [0.1, 0.15) is 5.75 Å². The molecule has 0 aliphatic heterocycles. The lowest BCUT2D eigenvalue weighted by atomic mass is 10.2. The summed E-state index contributed by atoms with van der Waals surface area (Å²) in [4.78, 5) is 26.1. The number of phenolic OH excluding ortho intramolecular Hbond substituents is 1. The third-order valence-corrected chi connectivity index (χ3v) is 2.59. The van der Waals surface area contributed by atoms with Crippen LogP contribution in [0.25, 0.3) is 0 Å². The average molecular weight is 273 g/mol. The highest BCUT2D eigenvalue weighted by Gasteiger charge is 2.20. The summed E-state index contributed by atoms with van der Waals surface area (Å²) in [5, 5.41) is 22.9. The Kier molecular flexibility index (Phi) is 3.60. The van der Waals surface area contributed by atoms with E-state index in [2.05, 4.69) is 10.3 Å². The van der Waals surface area contributed by atoms with Gasteiger partial charge in [-0.15, -0.1) is 0 Å². The highest BCUT2D eigenvalue weighted by atomic mass is 16.6. The number of aromatic nitrogens is 1. The molecule has 0 saturated heterocycles. The molecule has 1 heterocycles. The number of para-hydroxylation sites is 1. The normalized spacial score (nSPS) is 10.1. The molecule has 0 aliphatic carbocycles. The van der Waals surface area contributed by atoms with Gasteiger partial charge in [-0.2, -0.15) is 0 Å². The molecule has 1 aromatic carbocycles. The number of nitrogens with one attached hydrogen (secondary N) is 1. The van der Waals surface area contributed by atoms with Crippen LogP contribution in [0.15, 0.2) is 36.7 Å². The Balaban J connectivity index is 2.35. The maximum atomic E-state index is 12.0. The van der Waals surface area contributed by atoms with Gasteiger partial charge in [0.15, 0.2) is 5.69 Å². The average Bonchev–Trinajstić information content (AvgIpc) is 2.40. The van der Waals surface area contributed by atoms with E-state index >= 15 is 0 Å². The molecule has 0 bridgehead atoms. The second-order valence-electron chi connectivity index (χ2n) is 4.13. The molecule has 2 aromatic rings. The number of pyridine rings is 1. The zero-order valence-corrected chi connectivity index (χ0v) is 10.5. The van der Waals surface area contributed by atoms with Gasteiger partial charge in [-0.05, 0) is 24.6 Å². The van der Waals surface area contributed by atoms with E-state index in [4.69, 9.17) is 0 Å². The van der Waals surface area contributed by atoms with Crippen LogP contribution in [0.5, 0.6) is 5.75 Å². The van der Waals surface area contributed by atoms with E-state index in [1.165, 1.54) is 24.4 Å². The fraction of sp³-hybridized carbons (Fsp3) is 0.0769. The quantitative estimate of drug-likeness (QED) is 0.507. The van der Waals surface area contributed by atoms with Crippen molar-refractivity contribution in [3.63, 3.8) is 0 Å². The number of aromatic hydroxyl groups is 1. The van der Waals surface area contributed by atoms with E-state index in [-0.39, 0.29) is 22.7 Å². The number of anilines is 1. The third-order valence-electron chi connectivity index (χ3n) is 2.59. The summed E-state index contributed by atoms with van der Waals surface area (Å²) >= 11 is 0. The van der Waals surface area contributed by atoms with Crippen molar-refractivity contribution < 1.29 is 14.8 Å². The molecule has 2 rings (SSSR count). The van der Waals surface area contributed by atoms with Crippen molar-refractivity contribution in [2.45, 2.75) is 6.92 Å². The van der Waals surface area contributed by atoms with E-state index in [1.54, 1.807) is 19.2 Å². The van der Waals surface area contributed by atoms with Crippen molar-refractivity contribution in [2.75, 3.05) is 5.32 Å². The Labute approximate surface area is 114 Å². The van der Waals surface area contributed by atoms with Crippen LogP contribution in [0, 0.1) is 17.0 Å². The predicted molar refractivity (Wildman–Crippen MR) is 71.7 cm³/mol. The second kappa shape index (κ2) is 5.35. The van der Waals surface area contributed by atoms with Crippen LogP contribution in [0.2, 0.25) is 0 Å². The number of hydrogen-bond donors (Lipinski definition) is 2. The summed E-state index contributed by atoms with van der Waals surface area (Å²) in [6, 6.07) is 5.38. The van der Waals surface area contributed by atoms with E-state index in [0.29, 0.717) is 0 Å². The lowest BCUT2D eigenvalue weighted by Gasteiger charge is -2.07. The van der Waals surface area contributed by atoms with Crippen molar-refractivity contribution in [1.82, 2.24) is 4.98 Å². The lowest BCUT2D eigenvalue weighted by molar-refractivity contribution is -0.384. The number of rotatable bonds is 3. The minimum atomic E-state index is -0.677. The maximum absolute atomic E-state index is 12.0. The SMILES string of the molecule is Cc1cncc(C(=O)Nc2c(O)cccc2[N+](=O)[O-])c1. The number of nitro benzene ring substituents is 1. The van der Waals surface area contributed by atoms with Crippen molar-refractivity contribution in [1.29, 1.82) is 0 Å². The Morgan fingerprint density at radius 2 is 2.15 bits per heavy atom. The van der Waals surface area contributed by atoms with Gasteiger partial charge in [0.05, 0.1) is 10.5 Å². The number of carbonyl (C=O) groups is 1. The third kappa shape index (κ3) is 2.72. The molecular formula is C13H11N3O4. The van der Waals surface area contributed by atoms with Gasteiger partial charge in [-0.1, -0.05) is 6.07 Å². The Morgan fingerprint density at radius 1 is 1.40 bits per heavy atom. The van der Waals surface area contributed by atoms with Gasteiger partial charge < -0.3 is 10.4 Å². The summed E-state index contributed by atoms with van der Waals surface area (Å²) < 4.78 is 0. The topological polar surface area (TPSA) is 105 Å². The minimum Gasteiger partial charge on any atom is -0.505 e. The first-order chi connectivity index (χ1) is 9.49. The van der Waals surface area contributed by atoms with Crippen LogP contribution in [0.4, 0.5) is 11.4 Å². The molecule has 0 fully saturated rings. The molecule has 2 N–H and O–H groups in total. The predicted octanol–water partition coefficient (Wildman–Crippen LogP) is 2.26. The first kappa shape index (κ1) is 13.5. The zero-order valence-electron chi connectivity index (χ0n) is 10.5. The van der Waals surface area contributed by atoms with Crippen LogP contribution in [-0.2, 0) is 0 Å². The molecule has 20 heavy (non-hydrogen) atoms. The van der Waals surface area contributed by atoms with Gasteiger partial charge in [-0.3, -0.25) is 19.9 Å². The fourth-order valence-electron chi connectivity index (χ4n) is 1.67. The van der Waals surface area contributed by atoms with Gasteiger partial charge >= 0.3 is 0 Å². The molecule has 1 aromatic heterocycles. The zero-order chi connectivity index (χ0) is 14.7. The molecular weight excluding hydrogens is 262 g/mol. The van der Waals surface area contributed by atoms with Gasteiger partial charge in [0.25, 0.3) is 11.6 Å². The summed E-state index contributed by atoms with van der Waals surface area (Å²) in [5.74, 6) is -0.945. The molecule has 102 valence electrons. The van der Waals surface area contributed by atoms with Crippen molar-refractivity contribution in [3.05, 3.63) is 57.9 Å². The highest BCUT2D eigenvalue weighted by Crippen LogP contribution is 2.33. The summed E-state index contributed by atoms with van der Waals surface area (Å²) in [6.45, 7) is 1.77. The summed E-state index contributed by atoms with van der Waals surface area (Å²) in [5.41, 5.74) is 0.426. The van der Waals surface area contributed by atoms with Crippen LogP contribution in [-0.4, -0.2) is 20.9 Å². The van der Waals surface area contributed by atoms with Crippen LogP contribution in [0.3, 0.4) is 0 Å². The Hall–Kier alpha value is -2.96. The van der Waals surface area contributed by atoms with Crippen LogP contribution >= 0.6 is 0 Å². The van der Waals surface area contributed by atoms with E-state index in [1.807, 2.05) is 0 Å². The standard InChI is InChI=1S/C13H11N3O4/c1-8-5-9(7-14-6-8)13(18)15-12-10(16(19)20)3-2-4-11(12)17/h2-7,17H,1H3,(H,15,18). The maximum Gasteiger partial charge on any atom is 0.296 e. The number of hydrogen-bond acceptors (Lipinski definition) is 5. The van der Waals surface area contributed by atoms with Gasteiger partial charge in [0, 0.05) is 18.5 Å². The van der Waals surface area contributed by atoms with E-state index < -0.39 is 10.8 Å². The number of nitrogens with zero attached hydrogens (tertiary/aromatic N) is 2. The number of phenols is 1. The molecule has 0 atom stereocenters. The Morgan fingerprint density at radius 3 is 2.80 bits per heavy atom. The molecule has 0 aliphatic rings. The first-order valence-corrected chi connectivity index (χ1v) is 5.68. The molecule has 0 radical (unpaired) electrons. The van der Waals surface area contributed by atoms with E-state index in [9.17, 15) is 20.0 Å². The monoisotopic (exact) mass is 273 g/mol. The number of nitro groups is 1.